The van der Waals surface area contributed by atoms with Gasteiger partial charge in [-0.1, -0.05) is 36.5 Å². The number of rotatable bonds is 10. The summed E-state index contributed by atoms with van der Waals surface area (Å²) in [4.78, 5) is 29.8. The molecule has 0 saturated carbocycles. The Morgan fingerprint density at radius 1 is 0.977 bits per heavy atom. The average molecular weight is 595 g/mol. The van der Waals surface area contributed by atoms with E-state index >= 15 is 0 Å². The standard InChI is InChI=1S/C31H26N6O5S/c1-3-16-42-24-13-10-20(11-14-24)29-32-31-36(34-29)30(38)27(43-31)18-22-19-35(23-8-6-5-7-9-23)33-28(22)21-12-15-26(41-4-2)25(17-21)37(39)40/h5-15,17-19H,3-4,16H2,1-2H3/b27-18-. The molecule has 11 nitrogen and oxygen atoms in total. The molecule has 0 amide bonds. The van der Waals surface area contributed by atoms with Crippen molar-refractivity contribution in [3.8, 4) is 39.8 Å². The minimum atomic E-state index is -0.481. The Morgan fingerprint density at radius 2 is 1.74 bits per heavy atom. The first-order valence-electron chi connectivity index (χ1n) is 13.7. The largest absolute Gasteiger partial charge is 0.494 e. The van der Waals surface area contributed by atoms with E-state index in [1.54, 1.807) is 36.0 Å². The Labute approximate surface area is 249 Å². The van der Waals surface area contributed by atoms with Gasteiger partial charge in [0.05, 0.1) is 28.4 Å². The van der Waals surface area contributed by atoms with Gasteiger partial charge in [-0.05, 0) is 68.0 Å². The second-order valence-corrected chi connectivity index (χ2v) is 10.5. The van der Waals surface area contributed by atoms with Crippen molar-refractivity contribution in [2.45, 2.75) is 20.3 Å². The molecule has 0 unspecified atom stereocenters. The summed E-state index contributed by atoms with van der Waals surface area (Å²) in [7, 11) is 0. The van der Waals surface area contributed by atoms with Gasteiger partial charge in [-0.3, -0.25) is 14.9 Å². The van der Waals surface area contributed by atoms with E-state index in [0.29, 0.717) is 45.4 Å². The Morgan fingerprint density at radius 3 is 2.44 bits per heavy atom. The van der Waals surface area contributed by atoms with Gasteiger partial charge in [0.2, 0.25) is 4.96 Å². The number of thiazole rings is 1. The zero-order valence-electron chi connectivity index (χ0n) is 23.3. The molecule has 6 aromatic rings. The third-order valence-corrected chi connectivity index (χ3v) is 7.51. The van der Waals surface area contributed by atoms with E-state index < -0.39 is 4.92 Å². The monoisotopic (exact) mass is 594 g/mol. The van der Waals surface area contributed by atoms with Crippen molar-refractivity contribution in [2.75, 3.05) is 13.2 Å². The first-order chi connectivity index (χ1) is 20.9. The molecule has 0 spiro atoms. The highest BCUT2D eigenvalue weighted by Crippen LogP contribution is 2.34. The maximum atomic E-state index is 13.4. The number of ether oxygens (including phenoxy) is 2. The van der Waals surface area contributed by atoms with Crippen molar-refractivity contribution in [3.05, 3.63) is 110 Å². The molecule has 0 saturated heterocycles. The molecular formula is C31H26N6O5S. The Bertz CT molecular complexity index is 2030. The van der Waals surface area contributed by atoms with Crippen LogP contribution in [-0.4, -0.2) is 42.5 Å². The molecule has 3 heterocycles. The normalized spacial score (nSPS) is 11.7. The zero-order valence-corrected chi connectivity index (χ0v) is 24.2. The van der Waals surface area contributed by atoms with E-state index in [1.165, 1.54) is 21.9 Å². The predicted octanol–water partition coefficient (Wildman–Crippen LogP) is 5.31. The minimum absolute atomic E-state index is 0.166. The molecule has 0 aliphatic carbocycles. The number of para-hydroxylation sites is 1. The molecule has 0 bridgehead atoms. The van der Waals surface area contributed by atoms with Crippen LogP contribution in [0.2, 0.25) is 0 Å². The fraction of sp³-hybridized carbons (Fsp3) is 0.161. The van der Waals surface area contributed by atoms with Gasteiger partial charge in [-0.25, -0.2) is 4.68 Å². The fourth-order valence-corrected chi connectivity index (χ4v) is 5.43. The topological polar surface area (TPSA) is 127 Å². The van der Waals surface area contributed by atoms with Crippen molar-refractivity contribution in [3.63, 3.8) is 0 Å². The number of fused-ring (bicyclic) bond motifs is 1. The molecule has 12 heteroatoms. The molecule has 0 N–H and O–H groups in total. The van der Waals surface area contributed by atoms with Crippen LogP contribution in [-0.2, 0) is 0 Å². The summed E-state index contributed by atoms with van der Waals surface area (Å²) in [5, 5.41) is 21.0. The van der Waals surface area contributed by atoms with Crippen LogP contribution in [0.5, 0.6) is 11.5 Å². The first kappa shape index (κ1) is 27.8. The SMILES string of the molecule is CCCOc1ccc(-c2nc3s/c(=C\c4cn(-c5ccccc5)nc4-c4ccc(OCC)c([N+](=O)[O-])c4)c(=O)n3n2)cc1. The fourth-order valence-electron chi connectivity index (χ4n) is 4.53. The van der Waals surface area contributed by atoms with Crippen molar-refractivity contribution < 1.29 is 14.4 Å². The number of benzene rings is 3. The summed E-state index contributed by atoms with van der Waals surface area (Å²) in [6.45, 7) is 4.74. The summed E-state index contributed by atoms with van der Waals surface area (Å²) < 4.78 is 14.5. The summed E-state index contributed by atoms with van der Waals surface area (Å²) >= 11 is 1.21. The van der Waals surface area contributed by atoms with E-state index in [1.807, 2.05) is 61.5 Å². The summed E-state index contributed by atoms with van der Waals surface area (Å²) in [6.07, 6.45) is 4.42. The van der Waals surface area contributed by atoms with E-state index in [4.69, 9.17) is 14.6 Å². The van der Waals surface area contributed by atoms with Crippen molar-refractivity contribution in [1.82, 2.24) is 24.4 Å². The van der Waals surface area contributed by atoms with Gasteiger partial charge in [-0.15, -0.1) is 5.10 Å². The predicted molar refractivity (Wildman–Crippen MR) is 164 cm³/mol. The van der Waals surface area contributed by atoms with E-state index in [-0.39, 0.29) is 17.0 Å². The van der Waals surface area contributed by atoms with Gasteiger partial charge in [0.1, 0.15) is 11.4 Å². The second kappa shape index (κ2) is 11.9. The molecule has 216 valence electrons. The van der Waals surface area contributed by atoms with E-state index in [9.17, 15) is 14.9 Å². The lowest BCUT2D eigenvalue weighted by molar-refractivity contribution is -0.385. The van der Waals surface area contributed by atoms with Gasteiger partial charge in [-0.2, -0.15) is 14.6 Å². The van der Waals surface area contributed by atoms with Crippen LogP contribution < -0.4 is 19.6 Å². The van der Waals surface area contributed by atoms with Gasteiger partial charge < -0.3 is 9.47 Å². The van der Waals surface area contributed by atoms with Crippen molar-refractivity contribution in [2.24, 2.45) is 0 Å². The Kier molecular flexibility index (Phi) is 7.67. The van der Waals surface area contributed by atoms with Gasteiger partial charge in [0.15, 0.2) is 11.6 Å². The maximum absolute atomic E-state index is 13.4. The Hall–Kier alpha value is -5.36. The number of nitro benzene ring substituents is 1. The van der Waals surface area contributed by atoms with Crippen LogP contribution in [0, 0.1) is 10.1 Å². The Balaban J connectivity index is 1.43. The molecule has 0 aliphatic heterocycles. The average Bonchev–Trinajstić information content (AvgIpc) is 3.72. The summed E-state index contributed by atoms with van der Waals surface area (Å²) in [6, 6.07) is 21.6. The first-order valence-corrected chi connectivity index (χ1v) is 14.5. The smallest absolute Gasteiger partial charge is 0.311 e. The second-order valence-electron chi connectivity index (χ2n) is 9.50. The van der Waals surface area contributed by atoms with Crippen molar-refractivity contribution >= 4 is 28.1 Å². The molecule has 0 aliphatic rings. The van der Waals surface area contributed by atoms with Crippen molar-refractivity contribution in [1.29, 1.82) is 0 Å². The number of hydrogen-bond acceptors (Lipinski definition) is 9. The molecule has 43 heavy (non-hydrogen) atoms. The quantitative estimate of drug-likeness (QED) is 0.154. The highest BCUT2D eigenvalue weighted by molar-refractivity contribution is 7.15. The van der Waals surface area contributed by atoms with E-state index in [0.717, 1.165) is 23.4 Å². The molecular weight excluding hydrogens is 568 g/mol. The van der Waals surface area contributed by atoms with Gasteiger partial charge >= 0.3 is 5.69 Å². The molecule has 0 radical (unpaired) electrons. The van der Waals surface area contributed by atoms with Gasteiger partial charge in [0.25, 0.3) is 5.56 Å². The molecule has 0 fully saturated rings. The van der Waals surface area contributed by atoms with Crippen LogP contribution in [0.4, 0.5) is 5.69 Å². The number of nitro groups is 1. The van der Waals surface area contributed by atoms with Crippen LogP contribution in [0.15, 0.2) is 83.8 Å². The lowest BCUT2D eigenvalue weighted by Crippen LogP contribution is -2.23. The van der Waals surface area contributed by atoms with Crippen LogP contribution in [0.25, 0.3) is 39.4 Å². The zero-order chi connectivity index (χ0) is 29.9. The molecule has 3 aromatic heterocycles. The van der Waals surface area contributed by atoms with Crippen LogP contribution in [0.3, 0.4) is 0 Å². The molecule has 3 aromatic carbocycles. The van der Waals surface area contributed by atoms with E-state index in [2.05, 4.69) is 10.1 Å². The number of nitrogens with zero attached hydrogens (tertiary/aromatic N) is 6. The van der Waals surface area contributed by atoms with Crippen LogP contribution in [0.1, 0.15) is 25.8 Å². The molecule has 0 atom stereocenters. The van der Waals surface area contributed by atoms with Gasteiger partial charge in [0, 0.05) is 29.0 Å². The minimum Gasteiger partial charge on any atom is -0.494 e. The van der Waals surface area contributed by atoms with Crippen LogP contribution >= 0.6 is 11.3 Å². The highest BCUT2D eigenvalue weighted by atomic mass is 32.1. The lowest BCUT2D eigenvalue weighted by Gasteiger charge is -2.06. The number of hydrogen-bond donors (Lipinski definition) is 0. The number of aromatic nitrogens is 5. The highest BCUT2D eigenvalue weighted by Gasteiger charge is 2.20. The summed E-state index contributed by atoms with van der Waals surface area (Å²) in [5.41, 5.74) is 2.67. The third-order valence-electron chi connectivity index (χ3n) is 6.55. The summed E-state index contributed by atoms with van der Waals surface area (Å²) in [5.74, 6) is 1.38. The molecule has 6 rings (SSSR count). The maximum Gasteiger partial charge on any atom is 0.311 e. The lowest BCUT2D eigenvalue weighted by atomic mass is 10.1. The third kappa shape index (κ3) is 5.60.